The molecule has 0 aromatic heterocycles. The van der Waals surface area contributed by atoms with Gasteiger partial charge in [0.05, 0.1) is 11.5 Å². The topological polar surface area (TPSA) is 78.9 Å². The Hall–Kier alpha value is -0.720. The highest BCUT2D eigenvalue weighted by Gasteiger charge is 2.23. The largest absolute Gasteiger partial charge is 0.332 e. The lowest BCUT2D eigenvalue weighted by Crippen LogP contribution is -2.10. The summed E-state index contributed by atoms with van der Waals surface area (Å²) in [4.78, 5) is 0.0226. The molecule has 0 spiro atoms. The summed E-state index contributed by atoms with van der Waals surface area (Å²) in [7, 11) is -7.20. The van der Waals surface area contributed by atoms with Gasteiger partial charge >= 0.3 is 7.60 Å². The molecule has 0 N–H and O–H groups in total. The molecule has 114 valence electrons. The van der Waals surface area contributed by atoms with Gasteiger partial charge in [-0.05, 0) is 26.0 Å². The molecule has 0 saturated carbocycles. The SMILES string of the molecule is CCOP(=O)(CC)OCOS(=O)(=O)c1ccc(C)cc1. The number of aryl methyl sites for hydroxylation is 1. The molecule has 6 nitrogen and oxygen atoms in total. The normalized spacial score (nSPS) is 14.9. The van der Waals surface area contributed by atoms with Gasteiger partial charge in [0.25, 0.3) is 10.1 Å². The van der Waals surface area contributed by atoms with Gasteiger partial charge in [-0.15, -0.1) is 0 Å². The highest BCUT2D eigenvalue weighted by Crippen LogP contribution is 2.47. The molecule has 1 rings (SSSR count). The summed E-state index contributed by atoms with van der Waals surface area (Å²) in [5.74, 6) is 0. The van der Waals surface area contributed by atoms with Crippen LogP contribution in [0.25, 0.3) is 0 Å². The van der Waals surface area contributed by atoms with E-state index in [0.717, 1.165) is 5.56 Å². The molecule has 8 heteroatoms. The molecular weight excluding hydrogens is 303 g/mol. The van der Waals surface area contributed by atoms with Crippen molar-refractivity contribution in [2.45, 2.75) is 25.7 Å². The average molecular weight is 322 g/mol. The summed E-state index contributed by atoms with van der Waals surface area (Å²) >= 11 is 0. The first-order valence-electron chi connectivity index (χ1n) is 6.17. The quantitative estimate of drug-likeness (QED) is 0.416. The van der Waals surface area contributed by atoms with E-state index in [1.165, 1.54) is 12.1 Å². The van der Waals surface area contributed by atoms with Crippen LogP contribution in [0.4, 0.5) is 0 Å². The lowest BCUT2D eigenvalue weighted by Gasteiger charge is -2.15. The Bertz CT molecular complexity index is 566. The van der Waals surface area contributed by atoms with E-state index < -0.39 is 24.5 Å². The Morgan fingerprint density at radius 3 is 2.20 bits per heavy atom. The van der Waals surface area contributed by atoms with Crippen molar-refractivity contribution in [1.29, 1.82) is 0 Å². The second-order valence-electron chi connectivity index (χ2n) is 3.98. The molecular formula is C12H19O6PS. The Labute approximate surface area is 119 Å². The van der Waals surface area contributed by atoms with Crippen LogP contribution in [0.15, 0.2) is 29.2 Å². The summed E-state index contributed by atoms with van der Waals surface area (Å²) < 4.78 is 50.2. The van der Waals surface area contributed by atoms with Crippen LogP contribution in [0, 0.1) is 6.92 Å². The van der Waals surface area contributed by atoms with Gasteiger partial charge in [-0.1, -0.05) is 24.6 Å². The highest BCUT2D eigenvalue weighted by atomic mass is 32.2. The predicted octanol–water partition coefficient (Wildman–Crippen LogP) is 2.92. The van der Waals surface area contributed by atoms with E-state index in [4.69, 9.17) is 13.2 Å². The van der Waals surface area contributed by atoms with Crippen LogP contribution >= 0.6 is 7.60 Å². The van der Waals surface area contributed by atoms with Gasteiger partial charge in [0, 0.05) is 6.16 Å². The molecule has 0 aliphatic carbocycles. The minimum absolute atomic E-state index is 0.0226. The molecule has 0 heterocycles. The van der Waals surface area contributed by atoms with E-state index in [-0.39, 0.29) is 17.7 Å². The Morgan fingerprint density at radius 1 is 1.10 bits per heavy atom. The molecule has 0 aliphatic heterocycles. The molecule has 0 amide bonds. The van der Waals surface area contributed by atoms with Crippen LogP contribution in [0.2, 0.25) is 0 Å². The van der Waals surface area contributed by atoms with Gasteiger partial charge in [-0.25, -0.2) is 4.18 Å². The van der Waals surface area contributed by atoms with Gasteiger partial charge < -0.3 is 4.52 Å². The van der Waals surface area contributed by atoms with E-state index in [9.17, 15) is 13.0 Å². The lowest BCUT2D eigenvalue weighted by atomic mass is 10.2. The zero-order chi connectivity index (χ0) is 15.2. The van der Waals surface area contributed by atoms with Crippen LogP contribution in [0.5, 0.6) is 0 Å². The van der Waals surface area contributed by atoms with Gasteiger partial charge in [0.2, 0.25) is 0 Å². The van der Waals surface area contributed by atoms with Crippen LogP contribution < -0.4 is 0 Å². The zero-order valence-corrected chi connectivity index (χ0v) is 13.4. The predicted molar refractivity (Wildman–Crippen MR) is 75.2 cm³/mol. The highest BCUT2D eigenvalue weighted by molar-refractivity contribution is 7.86. The van der Waals surface area contributed by atoms with Gasteiger partial charge in [-0.2, -0.15) is 8.42 Å². The van der Waals surface area contributed by atoms with Crippen molar-refractivity contribution in [2.24, 2.45) is 0 Å². The molecule has 1 aromatic carbocycles. The van der Waals surface area contributed by atoms with Gasteiger partial charge in [0.15, 0.2) is 6.79 Å². The first kappa shape index (κ1) is 17.3. The third kappa shape index (κ3) is 5.00. The Morgan fingerprint density at radius 2 is 1.70 bits per heavy atom. The molecule has 1 unspecified atom stereocenters. The van der Waals surface area contributed by atoms with E-state index in [1.807, 2.05) is 6.92 Å². The maximum Gasteiger partial charge on any atom is 0.332 e. The number of hydrogen-bond acceptors (Lipinski definition) is 6. The van der Waals surface area contributed by atoms with Crippen molar-refractivity contribution >= 4 is 17.7 Å². The summed E-state index contributed by atoms with van der Waals surface area (Å²) in [6.45, 7) is 4.73. The summed E-state index contributed by atoms with van der Waals surface area (Å²) in [6, 6.07) is 6.20. The second kappa shape index (κ2) is 7.33. The van der Waals surface area contributed by atoms with Crippen LogP contribution in [0.3, 0.4) is 0 Å². The fourth-order valence-corrected chi connectivity index (χ4v) is 3.25. The third-order valence-corrected chi connectivity index (χ3v) is 5.66. The van der Waals surface area contributed by atoms with E-state index in [2.05, 4.69) is 0 Å². The number of rotatable bonds is 8. The number of hydrogen-bond donors (Lipinski definition) is 0. The minimum Gasteiger partial charge on any atom is -0.309 e. The fourth-order valence-electron chi connectivity index (χ4n) is 1.35. The zero-order valence-electron chi connectivity index (χ0n) is 11.7. The molecule has 0 bridgehead atoms. The standard InChI is InChI=1S/C12H19O6PS/c1-4-16-19(13,5-2)17-10-18-20(14,15)12-8-6-11(3)7-9-12/h6-9H,4-5,10H2,1-3H3. The molecule has 0 radical (unpaired) electrons. The summed E-state index contributed by atoms with van der Waals surface area (Å²) in [5.41, 5.74) is 0.937. The Kier molecular flexibility index (Phi) is 6.36. The average Bonchev–Trinajstić information content (AvgIpc) is 2.39. The van der Waals surface area contributed by atoms with Crippen molar-refractivity contribution < 1.29 is 26.2 Å². The van der Waals surface area contributed by atoms with Gasteiger partial charge in [0.1, 0.15) is 0 Å². The van der Waals surface area contributed by atoms with E-state index in [0.29, 0.717) is 0 Å². The minimum atomic E-state index is -3.92. The van der Waals surface area contributed by atoms with E-state index >= 15 is 0 Å². The van der Waals surface area contributed by atoms with Crippen LogP contribution in [0.1, 0.15) is 19.4 Å². The molecule has 0 fully saturated rings. The van der Waals surface area contributed by atoms with Gasteiger partial charge in [-0.3, -0.25) is 9.09 Å². The summed E-state index contributed by atoms with van der Waals surface area (Å²) in [5, 5.41) is 0. The lowest BCUT2D eigenvalue weighted by molar-refractivity contribution is 0.101. The van der Waals surface area contributed by atoms with Crippen LogP contribution in [-0.2, 0) is 27.9 Å². The fraction of sp³-hybridized carbons (Fsp3) is 0.500. The second-order valence-corrected chi connectivity index (χ2v) is 7.96. The summed E-state index contributed by atoms with van der Waals surface area (Å²) in [6.07, 6.45) is 0.148. The maximum atomic E-state index is 11.9. The van der Waals surface area contributed by atoms with Crippen molar-refractivity contribution in [3.8, 4) is 0 Å². The monoisotopic (exact) mass is 322 g/mol. The first-order valence-corrected chi connectivity index (χ1v) is 9.31. The first-order chi connectivity index (χ1) is 9.33. The third-order valence-electron chi connectivity index (χ3n) is 2.48. The van der Waals surface area contributed by atoms with Crippen LogP contribution in [-0.4, -0.2) is 28.0 Å². The molecule has 1 aromatic rings. The van der Waals surface area contributed by atoms with Crippen molar-refractivity contribution in [3.05, 3.63) is 29.8 Å². The van der Waals surface area contributed by atoms with Crippen molar-refractivity contribution in [3.63, 3.8) is 0 Å². The number of benzene rings is 1. The maximum absolute atomic E-state index is 11.9. The molecule has 1 atom stereocenters. The van der Waals surface area contributed by atoms with E-state index in [1.54, 1.807) is 26.0 Å². The molecule has 20 heavy (non-hydrogen) atoms. The Balaban J connectivity index is 2.65. The molecule has 0 saturated heterocycles. The molecule has 0 aliphatic rings. The smallest absolute Gasteiger partial charge is 0.309 e. The van der Waals surface area contributed by atoms with Crippen molar-refractivity contribution in [2.75, 3.05) is 19.6 Å². The van der Waals surface area contributed by atoms with Crippen molar-refractivity contribution in [1.82, 2.24) is 0 Å².